The second-order valence-corrected chi connectivity index (χ2v) is 4.52. The van der Waals surface area contributed by atoms with Gasteiger partial charge in [0.25, 0.3) is 0 Å². The third-order valence-corrected chi connectivity index (χ3v) is 2.93. The van der Waals surface area contributed by atoms with Crippen molar-refractivity contribution >= 4 is 29.3 Å². The Morgan fingerprint density at radius 3 is 2.63 bits per heavy atom. The van der Waals surface area contributed by atoms with Gasteiger partial charge in [0, 0.05) is 15.6 Å². The zero-order chi connectivity index (χ0) is 13.8. The molecular weight excluding hydrogens is 291 g/mol. The molecule has 6 nitrogen and oxygen atoms in total. The molecular formula is C11H10Cl2N4O2. The van der Waals surface area contributed by atoms with E-state index in [0.29, 0.717) is 15.6 Å². The lowest BCUT2D eigenvalue weighted by atomic mass is 10.1. The molecule has 0 saturated carbocycles. The minimum absolute atomic E-state index is 0.206. The summed E-state index contributed by atoms with van der Waals surface area (Å²) in [6.45, 7) is 0.206. The Morgan fingerprint density at radius 2 is 2.05 bits per heavy atom. The van der Waals surface area contributed by atoms with Gasteiger partial charge in [0.2, 0.25) is 0 Å². The normalized spacial score (nSPS) is 12.1. The molecule has 0 fully saturated rings. The number of hydrogen-bond acceptors (Lipinski definition) is 4. The lowest BCUT2D eigenvalue weighted by molar-refractivity contribution is 0.0905. The van der Waals surface area contributed by atoms with E-state index in [2.05, 4.69) is 10.2 Å². The largest absolute Gasteiger partial charge is 0.439 e. The van der Waals surface area contributed by atoms with Crippen LogP contribution in [0.3, 0.4) is 0 Å². The summed E-state index contributed by atoms with van der Waals surface area (Å²) in [6.07, 6.45) is 1.45. The van der Waals surface area contributed by atoms with Crippen molar-refractivity contribution < 1.29 is 9.53 Å². The summed E-state index contributed by atoms with van der Waals surface area (Å²) in [5.41, 5.74) is 5.64. The number of hydrogen-bond donors (Lipinski definition) is 1. The molecule has 1 aromatic carbocycles. The SMILES string of the molecule is NC(=O)O[C@@H](Cn1nccn1)c1ccc(Cl)cc1Cl. The Kier molecular flexibility index (Phi) is 4.24. The van der Waals surface area contributed by atoms with Gasteiger partial charge in [-0.1, -0.05) is 29.3 Å². The van der Waals surface area contributed by atoms with Crippen LogP contribution in [0.5, 0.6) is 0 Å². The third-order valence-electron chi connectivity index (χ3n) is 2.36. The number of rotatable bonds is 4. The van der Waals surface area contributed by atoms with Gasteiger partial charge in [-0.05, 0) is 12.1 Å². The summed E-state index contributed by atoms with van der Waals surface area (Å²) < 4.78 is 5.04. The Balaban J connectivity index is 2.28. The molecule has 0 aliphatic heterocycles. The van der Waals surface area contributed by atoms with Crippen molar-refractivity contribution in [2.45, 2.75) is 12.6 Å². The first-order valence-electron chi connectivity index (χ1n) is 5.31. The molecule has 0 spiro atoms. The van der Waals surface area contributed by atoms with Crippen LogP contribution in [-0.2, 0) is 11.3 Å². The van der Waals surface area contributed by atoms with E-state index in [1.54, 1.807) is 18.2 Å². The molecule has 0 aliphatic carbocycles. The van der Waals surface area contributed by atoms with Crippen molar-refractivity contribution in [1.29, 1.82) is 0 Å². The lowest BCUT2D eigenvalue weighted by Crippen LogP contribution is -2.22. The highest BCUT2D eigenvalue weighted by molar-refractivity contribution is 6.35. The molecule has 0 unspecified atom stereocenters. The lowest BCUT2D eigenvalue weighted by Gasteiger charge is -2.17. The summed E-state index contributed by atoms with van der Waals surface area (Å²) >= 11 is 11.9. The highest BCUT2D eigenvalue weighted by atomic mass is 35.5. The van der Waals surface area contributed by atoms with Crippen molar-refractivity contribution in [3.8, 4) is 0 Å². The van der Waals surface area contributed by atoms with Gasteiger partial charge in [0.05, 0.1) is 12.4 Å². The fourth-order valence-corrected chi connectivity index (χ4v) is 2.12. The third kappa shape index (κ3) is 3.59. The van der Waals surface area contributed by atoms with E-state index in [1.807, 2.05) is 0 Å². The molecule has 2 aromatic rings. The predicted octanol–water partition coefficient (Wildman–Crippen LogP) is 2.42. The second kappa shape index (κ2) is 5.90. The number of nitrogens with zero attached hydrogens (tertiary/aromatic N) is 3. The number of benzene rings is 1. The molecule has 8 heteroatoms. The molecule has 2 rings (SSSR count). The molecule has 100 valence electrons. The number of ether oxygens (including phenoxy) is 1. The molecule has 0 saturated heterocycles. The maximum Gasteiger partial charge on any atom is 0.405 e. The summed E-state index contributed by atoms with van der Waals surface area (Å²) in [7, 11) is 0. The van der Waals surface area contributed by atoms with Crippen molar-refractivity contribution in [1.82, 2.24) is 15.0 Å². The fraction of sp³-hybridized carbons (Fsp3) is 0.182. The summed E-state index contributed by atoms with van der Waals surface area (Å²) in [5, 5.41) is 8.75. The van der Waals surface area contributed by atoms with E-state index >= 15 is 0 Å². The number of nitrogens with two attached hydrogens (primary N) is 1. The van der Waals surface area contributed by atoms with Gasteiger partial charge in [-0.3, -0.25) is 0 Å². The first-order chi connectivity index (χ1) is 9.06. The molecule has 19 heavy (non-hydrogen) atoms. The molecule has 0 bridgehead atoms. The highest BCUT2D eigenvalue weighted by Gasteiger charge is 2.20. The van der Waals surface area contributed by atoms with Gasteiger partial charge in [-0.25, -0.2) is 4.79 Å². The molecule has 1 atom stereocenters. The summed E-state index contributed by atoms with van der Waals surface area (Å²) in [5.74, 6) is 0. The number of halogens is 2. The Hall–Kier alpha value is -1.79. The van der Waals surface area contributed by atoms with Gasteiger partial charge in [-0.15, -0.1) is 0 Å². The number of primary amides is 1. The van der Waals surface area contributed by atoms with E-state index in [0.717, 1.165) is 0 Å². The molecule has 1 amide bonds. The van der Waals surface area contributed by atoms with Crippen molar-refractivity contribution in [2.24, 2.45) is 5.73 Å². The second-order valence-electron chi connectivity index (χ2n) is 3.68. The zero-order valence-corrected chi connectivity index (χ0v) is 11.2. The van der Waals surface area contributed by atoms with Crippen molar-refractivity contribution in [3.05, 3.63) is 46.2 Å². The van der Waals surface area contributed by atoms with Gasteiger partial charge < -0.3 is 10.5 Å². The Bertz CT molecular complexity index is 574. The van der Waals surface area contributed by atoms with Gasteiger partial charge in [0.1, 0.15) is 6.54 Å². The minimum Gasteiger partial charge on any atom is -0.439 e. The Morgan fingerprint density at radius 1 is 1.37 bits per heavy atom. The van der Waals surface area contributed by atoms with Crippen LogP contribution in [0.4, 0.5) is 4.79 Å². The van der Waals surface area contributed by atoms with Crippen LogP contribution in [0.2, 0.25) is 10.0 Å². The molecule has 2 N–H and O–H groups in total. The average molecular weight is 301 g/mol. The number of amides is 1. The fourth-order valence-electron chi connectivity index (χ4n) is 1.59. The standard InChI is InChI=1S/C11H10Cl2N4O2/c12-7-1-2-8(9(13)5-7)10(19-11(14)18)6-17-15-3-4-16-17/h1-5,10H,6H2,(H2,14,18)/t10-/m0/s1. The maximum absolute atomic E-state index is 11.0. The minimum atomic E-state index is -0.900. The van der Waals surface area contributed by atoms with Gasteiger partial charge in [-0.2, -0.15) is 15.0 Å². The van der Waals surface area contributed by atoms with E-state index in [4.69, 9.17) is 33.7 Å². The predicted molar refractivity (Wildman–Crippen MR) is 69.9 cm³/mol. The quantitative estimate of drug-likeness (QED) is 0.940. The van der Waals surface area contributed by atoms with E-state index in [1.165, 1.54) is 17.2 Å². The van der Waals surface area contributed by atoms with E-state index in [-0.39, 0.29) is 6.54 Å². The zero-order valence-electron chi connectivity index (χ0n) is 9.66. The monoisotopic (exact) mass is 300 g/mol. The number of carbonyl (C=O) groups is 1. The van der Waals surface area contributed by atoms with Crippen LogP contribution in [-0.4, -0.2) is 21.1 Å². The van der Waals surface area contributed by atoms with Gasteiger partial charge in [0.15, 0.2) is 6.10 Å². The summed E-state index contributed by atoms with van der Waals surface area (Å²) in [4.78, 5) is 12.3. The van der Waals surface area contributed by atoms with Crippen LogP contribution < -0.4 is 5.73 Å². The topological polar surface area (TPSA) is 83.0 Å². The number of carbonyl (C=O) groups excluding carboxylic acids is 1. The van der Waals surface area contributed by atoms with Crippen LogP contribution >= 0.6 is 23.2 Å². The molecule has 1 aromatic heterocycles. The highest BCUT2D eigenvalue weighted by Crippen LogP contribution is 2.29. The molecule has 0 radical (unpaired) electrons. The first-order valence-corrected chi connectivity index (χ1v) is 6.07. The van der Waals surface area contributed by atoms with Crippen molar-refractivity contribution in [3.63, 3.8) is 0 Å². The summed E-state index contributed by atoms with van der Waals surface area (Å²) in [6, 6.07) is 4.88. The van der Waals surface area contributed by atoms with Crippen LogP contribution in [0, 0.1) is 0 Å². The Labute approximate surface area is 119 Å². The smallest absolute Gasteiger partial charge is 0.405 e. The van der Waals surface area contributed by atoms with Crippen LogP contribution in [0.1, 0.15) is 11.7 Å². The number of aromatic nitrogens is 3. The van der Waals surface area contributed by atoms with Gasteiger partial charge >= 0.3 is 6.09 Å². The first kappa shape index (κ1) is 13.6. The van der Waals surface area contributed by atoms with E-state index < -0.39 is 12.2 Å². The van der Waals surface area contributed by atoms with Crippen LogP contribution in [0.15, 0.2) is 30.6 Å². The maximum atomic E-state index is 11.0. The molecule has 0 aliphatic rings. The van der Waals surface area contributed by atoms with E-state index in [9.17, 15) is 4.79 Å². The molecule has 1 heterocycles. The average Bonchev–Trinajstić information content (AvgIpc) is 2.80. The van der Waals surface area contributed by atoms with Crippen molar-refractivity contribution in [2.75, 3.05) is 0 Å². The van der Waals surface area contributed by atoms with Crippen LogP contribution in [0.25, 0.3) is 0 Å².